The van der Waals surface area contributed by atoms with Gasteiger partial charge < -0.3 is 20.3 Å². The van der Waals surface area contributed by atoms with Crippen LogP contribution in [0.25, 0.3) is 0 Å². The first-order chi connectivity index (χ1) is 12.3. The van der Waals surface area contributed by atoms with Crippen molar-refractivity contribution in [3.63, 3.8) is 0 Å². The Labute approximate surface area is 148 Å². The molecule has 1 atom stereocenters. The highest BCUT2D eigenvalue weighted by Gasteiger charge is 2.24. The van der Waals surface area contributed by atoms with Crippen molar-refractivity contribution in [2.45, 2.75) is 6.04 Å². The van der Waals surface area contributed by atoms with E-state index in [2.05, 4.69) is 32.7 Å². The van der Waals surface area contributed by atoms with Gasteiger partial charge in [-0.05, 0) is 17.7 Å². The number of hydrogen-bond acceptors (Lipinski definition) is 5. The lowest BCUT2D eigenvalue weighted by Crippen LogP contribution is -2.47. The Morgan fingerprint density at radius 1 is 1.32 bits per heavy atom. The molecule has 2 heterocycles. The van der Waals surface area contributed by atoms with Gasteiger partial charge >= 0.3 is 0 Å². The number of amides is 1. The fraction of sp³-hybridized carbons (Fsp3) is 0.368. The van der Waals surface area contributed by atoms with Crippen LogP contribution in [0.5, 0.6) is 0 Å². The van der Waals surface area contributed by atoms with Crippen LogP contribution < -0.4 is 15.5 Å². The molecule has 0 bridgehead atoms. The molecular weight excluding hydrogens is 316 g/mol. The Morgan fingerprint density at radius 2 is 2.16 bits per heavy atom. The summed E-state index contributed by atoms with van der Waals surface area (Å²) in [6, 6.07) is 14.2. The lowest BCUT2D eigenvalue weighted by atomic mass is 10.0. The quantitative estimate of drug-likeness (QED) is 0.782. The van der Waals surface area contributed by atoms with Crippen molar-refractivity contribution in [1.29, 1.82) is 0 Å². The second-order valence-corrected chi connectivity index (χ2v) is 5.99. The topological polar surface area (TPSA) is 66.5 Å². The smallest absolute Gasteiger partial charge is 0.255 e. The first kappa shape index (κ1) is 17.4. The van der Waals surface area contributed by atoms with E-state index < -0.39 is 0 Å². The minimum atomic E-state index is -0.116. The molecule has 132 valence electrons. The van der Waals surface area contributed by atoms with Crippen LogP contribution in [0.4, 0.5) is 5.82 Å². The number of carbonyl (C=O) groups is 1. The summed E-state index contributed by atoms with van der Waals surface area (Å²) >= 11 is 0. The highest BCUT2D eigenvalue weighted by atomic mass is 16.5. The second-order valence-electron chi connectivity index (χ2n) is 5.99. The molecular formula is C19H24N4O2. The van der Waals surface area contributed by atoms with Crippen molar-refractivity contribution in [3.05, 3.63) is 59.8 Å². The van der Waals surface area contributed by atoms with Gasteiger partial charge in [0.2, 0.25) is 0 Å². The fourth-order valence-corrected chi connectivity index (χ4v) is 3.04. The largest absolute Gasteiger partial charge is 0.383 e. The molecule has 6 nitrogen and oxygen atoms in total. The van der Waals surface area contributed by atoms with E-state index in [0.29, 0.717) is 18.7 Å². The molecule has 3 rings (SSSR count). The number of benzene rings is 1. The second kappa shape index (κ2) is 8.60. The van der Waals surface area contributed by atoms with Crippen LogP contribution in [0.2, 0.25) is 0 Å². The van der Waals surface area contributed by atoms with E-state index in [4.69, 9.17) is 4.74 Å². The molecule has 1 unspecified atom stereocenters. The van der Waals surface area contributed by atoms with Crippen molar-refractivity contribution in [1.82, 2.24) is 15.6 Å². The van der Waals surface area contributed by atoms with E-state index in [1.54, 1.807) is 19.4 Å². The van der Waals surface area contributed by atoms with Crippen molar-refractivity contribution in [3.8, 4) is 0 Å². The first-order valence-corrected chi connectivity index (χ1v) is 8.55. The number of pyridine rings is 1. The van der Waals surface area contributed by atoms with Crippen LogP contribution in [0, 0.1) is 0 Å². The number of nitrogens with one attached hydrogen (secondary N) is 2. The van der Waals surface area contributed by atoms with Crippen molar-refractivity contribution < 1.29 is 9.53 Å². The van der Waals surface area contributed by atoms with Crippen molar-refractivity contribution in [2.24, 2.45) is 0 Å². The zero-order valence-corrected chi connectivity index (χ0v) is 14.4. The number of rotatable bonds is 6. The summed E-state index contributed by atoms with van der Waals surface area (Å²) in [5, 5.41) is 6.42. The fourth-order valence-electron chi connectivity index (χ4n) is 3.04. The van der Waals surface area contributed by atoms with Gasteiger partial charge in [-0.25, -0.2) is 4.98 Å². The van der Waals surface area contributed by atoms with Crippen LogP contribution in [-0.4, -0.2) is 50.8 Å². The number of carbonyl (C=O) groups excluding carboxylic acids is 1. The van der Waals surface area contributed by atoms with E-state index in [9.17, 15) is 4.79 Å². The highest BCUT2D eigenvalue weighted by Crippen LogP contribution is 2.23. The summed E-state index contributed by atoms with van der Waals surface area (Å²) in [7, 11) is 1.62. The number of methoxy groups -OCH3 is 1. The number of piperazine rings is 1. The predicted octanol–water partition coefficient (Wildman–Crippen LogP) is 1.61. The van der Waals surface area contributed by atoms with E-state index in [1.807, 2.05) is 24.3 Å². The minimum absolute atomic E-state index is 0.116. The van der Waals surface area contributed by atoms with Crippen molar-refractivity contribution in [2.75, 3.05) is 44.8 Å². The van der Waals surface area contributed by atoms with Crippen LogP contribution in [0.3, 0.4) is 0 Å². The maximum absolute atomic E-state index is 12.5. The average molecular weight is 340 g/mol. The maximum Gasteiger partial charge on any atom is 0.255 e. The molecule has 1 aliphatic heterocycles. The molecule has 1 saturated heterocycles. The third kappa shape index (κ3) is 4.35. The van der Waals surface area contributed by atoms with Gasteiger partial charge in [-0.15, -0.1) is 0 Å². The SMILES string of the molecule is COCCNC(=O)c1cccnc1N1CCNC(c2ccccc2)C1. The maximum atomic E-state index is 12.5. The van der Waals surface area contributed by atoms with Gasteiger partial charge in [-0.2, -0.15) is 0 Å². The molecule has 6 heteroatoms. The summed E-state index contributed by atoms with van der Waals surface area (Å²) in [5.41, 5.74) is 1.85. The molecule has 1 aliphatic rings. The van der Waals surface area contributed by atoms with Gasteiger partial charge in [0.15, 0.2) is 0 Å². The summed E-state index contributed by atoms with van der Waals surface area (Å²) in [5.74, 6) is 0.620. The van der Waals surface area contributed by atoms with E-state index in [-0.39, 0.29) is 11.9 Å². The van der Waals surface area contributed by atoms with Gasteiger partial charge in [0, 0.05) is 45.5 Å². The Hall–Kier alpha value is -2.44. The molecule has 1 amide bonds. The number of hydrogen-bond donors (Lipinski definition) is 2. The van der Waals surface area contributed by atoms with E-state index in [0.717, 1.165) is 25.5 Å². The van der Waals surface area contributed by atoms with Crippen LogP contribution in [-0.2, 0) is 4.74 Å². The summed E-state index contributed by atoms with van der Waals surface area (Å²) in [6.07, 6.45) is 1.74. The summed E-state index contributed by atoms with van der Waals surface area (Å²) in [4.78, 5) is 19.2. The third-order valence-corrected chi connectivity index (χ3v) is 4.30. The minimum Gasteiger partial charge on any atom is -0.383 e. The van der Waals surface area contributed by atoms with E-state index >= 15 is 0 Å². The zero-order chi connectivity index (χ0) is 17.5. The van der Waals surface area contributed by atoms with Crippen LogP contribution >= 0.6 is 0 Å². The zero-order valence-electron chi connectivity index (χ0n) is 14.4. The molecule has 0 saturated carbocycles. The van der Waals surface area contributed by atoms with Crippen LogP contribution in [0.15, 0.2) is 48.7 Å². The molecule has 1 fully saturated rings. The van der Waals surface area contributed by atoms with Gasteiger partial charge in [0.1, 0.15) is 5.82 Å². The molecule has 0 spiro atoms. The summed E-state index contributed by atoms with van der Waals surface area (Å²) < 4.78 is 4.99. The summed E-state index contributed by atoms with van der Waals surface area (Å²) in [6.45, 7) is 3.42. The molecule has 0 aliphatic carbocycles. The third-order valence-electron chi connectivity index (χ3n) is 4.30. The molecule has 2 N–H and O–H groups in total. The van der Waals surface area contributed by atoms with Gasteiger partial charge in [-0.1, -0.05) is 30.3 Å². The van der Waals surface area contributed by atoms with E-state index in [1.165, 1.54) is 5.56 Å². The predicted molar refractivity (Wildman–Crippen MR) is 97.8 cm³/mol. The standard InChI is InChI=1S/C19H24N4O2/c1-25-13-11-22-19(24)16-8-5-9-21-18(16)23-12-10-20-17(14-23)15-6-3-2-4-7-15/h2-9,17,20H,10-14H2,1H3,(H,22,24). The highest BCUT2D eigenvalue weighted by molar-refractivity contribution is 5.98. The average Bonchev–Trinajstić information content (AvgIpc) is 2.69. The Morgan fingerprint density at radius 3 is 2.96 bits per heavy atom. The lowest BCUT2D eigenvalue weighted by Gasteiger charge is -2.35. The Kier molecular flexibility index (Phi) is 5.98. The number of anilines is 1. The monoisotopic (exact) mass is 340 g/mol. The Bertz CT molecular complexity index is 693. The lowest BCUT2D eigenvalue weighted by molar-refractivity contribution is 0.0937. The molecule has 1 aromatic heterocycles. The van der Waals surface area contributed by atoms with Crippen LogP contribution in [0.1, 0.15) is 22.0 Å². The van der Waals surface area contributed by atoms with Gasteiger partial charge in [0.05, 0.1) is 12.2 Å². The molecule has 2 aromatic rings. The van der Waals surface area contributed by atoms with Gasteiger partial charge in [-0.3, -0.25) is 4.79 Å². The Balaban J connectivity index is 1.76. The number of aromatic nitrogens is 1. The van der Waals surface area contributed by atoms with Crippen molar-refractivity contribution >= 4 is 11.7 Å². The molecule has 1 aromatic carbocycles. The van der Waals surface area contributed by atoms with Gasteiger partial charge in [0.25, 0.3) is 5.91 Å². The number of ether oxygens (including phenoxy) is 1. The molecule has 0 radical (unpaired) electrons. The first-order valence-electron chi connectivity index (χ1n) is 8.55. The normalized spacial score (nSPS) is 17.3. The number of nitrogens with zero attached hydrogens (tertiary/aromatic N) is 2. The molecule has 25 heavy (non-hydrogen) atoms.